The van der Waals surface area contributed by atoms with Gasteiger partial charge >= 0.3 is 5.97 Å². The van der Waals surface area contributed by atoms with E-state index in [1.807, 2.05) is 6.92 Å². The summed E-state index contributed by atoms with van der Waals surface area (Å²) >= 11 is 0. The van der Waals surface area contributed by atoms with Gasteiger partial charge in [0.15, 0.2) is 6.04 Å². The fraction of sp³-hybridized carbons (Fsp3) is 0.778. The third-order valence-corrected chi connectivity index (χ3v) is 2.05. The van der Waals surface area contributed by atoms with E-state index in [1.54, 1.807) is 0 Å². The van der Waals surface area contributed by atoms with Crippen LogP contribution in [0.2, 0.25) is 0 Å². The Labute approximate surface area is 82.8 Å². The molecular weight excluding hydrogens is 186 g/mol. The molecule has 0 bridgehead atoms. The van der Waals surface area contributed by atoms with E-state index in [2.05, 4.69) is 5.32 Å². The topological polar surface area (TPSA) is 64.6 Å². The fourth-order valence-corrected chi connectivity index (χ4v) is 1.28. The van der Waals surface area contributed by atoms with Crippen molar-refractivity contribution in [2.75, 3.05) is 13.2 Å². The largest absolute Gasteiger partial charge is 0.461 e. The lowest BCUT2D eigenvalue weighted by molar-refractivity contribution is -0.152. The van der Waals surface area contributed by atoms with Crippen molar-refractivity contribution in [2.45, 2.75) is 31.9 Å². The lowest BCUT2D eigenvalue weighted by Crippen LogP contribution is -2.41. The fourth-order valence-electron chi connectivity index (χ4n) is 1.28. The Morgan fingerprint density at radius 3 is 3.07 bits per heavy atom. The SMILES string of the molecule is CC1CCCOC[C@H](NC=O)C(=O)O1. The summed E-state index contributed by atoms with van der Waals surface area (Å²) in [6.07, 6.45) is 2.03. The van der Waals surface area contributed by atoms with Gasteiger partial charge in [-0.05, 0) is 19.8 Å². The third kappa shape index (κ3) is 3.33. The summed E-state index contributed by atoms with van der Waals surface area (Å²) in [7, 11) is 0. The molecule has 0 saturated carbocycles. The Morgan fingerprint density at radius 1 is 1.57 bits per heavy atom. The van der Waals surface area contributed by atoms with Gasteiger partial charge in [0.25, 0.3) is 0 Å². The molecule has 1 heterocycles. The van der Waals surface area contributed by atoms with E-state index in [1.165, 1.54) is 0 Å². The number of cyclic esters (lactones) is 1. The molecule has 80 valence electrons. The van der Waals surface area contributed by atoms with Crippen LogP contribution in [-0.2, 0) is 19.1 Å². The number of hydrogen-bond donors (Lipinski definition) is 1. The van der Waals surface area contributed by atoms with Crippen LogP contribution < -0.4 is 5.32 Å². The quantitative estimate of drug-likeness (QED) is 0.498. The zero-order valence-electron chi connectivity index (χ0n) is 8.19. The van der Waals surface area contributed by atoms with E-state index >= 15 is 0 Å². The van der Waals surface area contributed by atoms with Gasteiger partial charge in [-0.15, -0.1) is 0 Å². The highest BCUT2D eigenvalue weighted by Gasteiger charge is 2.22. The minimum atomic E-state index is -0.673. The zero-order chi connectivity index (χ0) is 10.4. The maximum atomic E-state index is 11.4. The van der Waals surface area contributed by atoms with Crippen molar-refractivity contribution in [1.29, 1.82) is 0 Å². The zero-order valence-corrected chi connectivity index (χ0v) is 8.19. The molecule has 0 aromatic rings. The van der Waals surface area contributed by atoms with E-state index in [-0.39, 0.29) is 12.7 Å². The number of ether oxygens (including phenoxy) is 2. The van der Waals surface area contributed by atoms with Gasteiger partial charge in [-0.1, -0.05) is 0 Å². The lowest BCUT2D eigenvalue weighted by Gasteiger charge is -2.15. The van der Waals surface area contributed by atoms with Crippen LogP contribution in [0.3, 0.4) is 0 Å². The number of carbonyl (C=O) groups is 2. The van der Waals surface area contributed by atoms with Crippen molar-refractivity contribution in [2.24, 2.45) is 0 Å². The molecule has 1 unspecified atom stereocenters. The average Bonchev–Trinajstić information content (AvgIpc) is 2.20. The maximum Gasteiger partial charge on any atom is 0.331 e. The molecule has 0 spiro atoms. The van der Waals surface area contributed by atoms with Crippen LogP contribution in [0, 0.1) is 0 Å². The summed E-state index contributed by atoms with van der Waals surface area (Å²) in [4.78, 5) is 21.6. The average molecular weight is 201 g/mol. The van der Waals surface area contributed by atoms with Crippen LogP contribution in [0.5, 0.6) is 0 Å². The predicted octanol–water partition coefficient (Wildman–Crippen LogP) is -0.157. The molecule has 5 heteroatoms. The van der Waals surface area contributed by atoms with E-state index < -0.39 is 12.0 Å². The van der Waals surface area contributed by atoms with Gasteiger partial charge < -0.3 is 14.8 Å². The molecule has 1 N–H and O–H groups in total. The monoisotopic (exact) mass is 201 g/mol. The molecule has 1 aliphatic heterocycles. The highest BCUT2D eigenvalue weighted by atomic mass is 16.5. The Balaban J connectivity index is 2.54. The summed E-state index contributed by atoms with van der Waals surface area (Å²) in [5.74, 6) is -0.425. The van der Waals surface area contributed by atoms with Crippen molar-refractivity contribution in [3.8, 4) is 0 Å². The minimum Gasteiger partial charge on any atom is -0.461 e. The lowest BCUT2D eigenvalue weighted by atomic mass is 10.2. The van der Waals surface area contributed by atoms with Crippen molar-refractivity contribution in [1.82, 2.24) is 5.32 Å². The first kappa shape index (κ1) is 11.0. The maximum absolute atomic E-state index is 11.4. The van der Waals surface area contributed by atoms with Gasteiger partial charge in [-0.2, -0.15) is 0 Å². The van der Waals surface area contributed by atoms with Crippen molar-refractivity contribution < 1.29 is 19.1 Å². The van der Waals surface area contributed by atoms with Gasteiger partial charge in [-0.3, -0.25) is 4.79 Å². The Kier molecular flexibility index (Phi) is 4.39. The first-order valence-electron chi connectivity index (χ1n) is 4.72. The molecule has 0 aromatic carbocycles. The van der Waals surface area contributed by atoms with Crippen LogP contribution >= 0.6 is 0 Å². The molecule has 0 radical (unpaired) electrons. The number of nitrogens with one attached hydrogen (secondary N) is 1. The van der Waals surface area contributed by atoms with Crippen LogP contribution in [-0.4, -0.2) is 37.7 Å². The summed E-state index contributed by atoms with van der Waals surface area (Å²) in [5, 5.41) is 2.37. The normalized spacial score (nSPS) is 29.4. The van der Waals surface area contributed by atoms with Crippen molar-refractivity contribution in [3.63, 3.8) is 0 Å². The number of esters is 1. The first-order valence-corrected chi connectivity index (χ1v) is 4.72. The van der Waals surface area contributed by atoms with Crippen molar-refractivity contribution >= 4 is 12.4 Å². The second-order valence-electron chi connectivity index (χ2n) is 3.30. The van der Waals surface area contributed by atoms with E-state index in [0.717, 1.165) is 12.8 Å². The molecule has 0 aromatic heterocycles. The summed E-state index contributed by atoms with van der Waals surface area (Å²) < 4.78 is 10.3. The molecule has 1 fully saturated rings. The molecule has 1 aliphatic rings. The highest BCUT2D eigenvalue weighted by molar-refractivity contribution is 5.78. The van der Waals surface area contributed by atoms with E-state index in [0.29, 0.717) is 13.0 Å². The number of hydrogen-bond acceptors (Lipinski definition) is 4. The second kappa shape index (κ2) is 5.59. The van der Waals surface area contributed by atoms with Gasteiger partial charge in [0.1, 0.15) is 0 Å². The standard InChI is InChI=1S/C9H15NO4/c1-7-3-2-4-13-5-8(10-6-11)9(12)14-7/h6-8H,2-5H2,1H3,(H,10,11)/t7?,8-/m0/s1. The molecule has 0 aliphatic carbocycles. The molecular formula is C9H15NO4. The van der Waals surface area contributed by atoms with Gasteiger partial charge in [-0.25, -0.2) is 4.79 Å². The molecule has 1 saturated heterocycles. The van der Waals surface area contributed by atoms with Crippen LogP contribution in [0.4, 0.5) is 0 Å². The van der Waals surface area contributed by atoms with E-state index in [4.69, 9.17) is 9.47 Å². The first-order chi connectivity index (χ1) is 6.74. The number of carbonyl (C=O) groups excluding carboxylic acids is 2. The van der Waals surface area contributed by atoms with Gasteiger partial charge in [0.2, 0.25) is 6.41 Å². The van der Waals surface area contributed by atoms with Crippen LogP contribution in [0.15, 0.2) is 0 Å². The summed E-state index contributed by atoms with van der Waals surface area (Å²) in [6.45, 7) is 2.61. The molecule has 1 amide bonds. The van der Waals surface area contributed by atoms with Crippen molar-refractivity contribution in [3.05, 3.63) is 0 Å². The Bertz CT molecular complexity index is 207. The number of rotatable bonds is 2. The summed E-state index contributed by atoms with van der Waals surface area (Å²) in [5.41, 5.74) is 0. The Hall–Kier alpha value is -1.10. The smallest absolute Gasteiger partial charge is 0.331 e. The second-order valence-corrected chi connectivity index (χ2v) is 3.30. The minimum absolute atomic E-state index is 0.111. The molecule has 2 atom stereocenters. The predicted molar refractivity (Wildman–Crippen MR) is 48.6 cm³/mol. The Morgan fingerprint density at radius 2 is 2.36 bits per heavy atom. The van der Waals surface area contributed by atoms with Crippen LogP contribution in [0.25, 0.3) is 0 Å². The van der Waals surface area contributed by atoms with Crippen LogP contribution in [0.1, 0.15) is 19.8 Å². The van der Waals surface area contributed by atoms with E-state index in [9.17, 15) is 9.59 Å². The molecule has 5 nitrogen and oxygen atoms in total. The van der Waals surface area contributed by atoms with Gasteiger partial charge in [0.05, 0.1) is 12.7 Å². The third-order valence-electron chi connectivity index (χ3n) is 2.05. The number of amides is 1. The summed E-state index contributed by atoms with van der Waals surface area (Å²) in [6, 6.07) is -0.673. The molecule has 1 rings (SSSR count). The molecule has 14 heavy (non-hydrogen) atoms. The highest BCUT2D eigenvalue weighted by Crippen LogP contribution is 2.06. The van der Waals surface area contributed by atoms with Gasteiger partial charge in [0, 0.05) is 6.61 Å².